The molecular weight excluding hydrogens is 263 g/mol. The van der Waals surface area contributed by atoms with Crippen LogP contribution in [0.5, 0.6) is 0 Å². The van der Waals surface area contributed by atoms with E-state index >= 15 is 0 Å². The molecule has 0 aromatic rings. The summed E-state index contributed by atoms with van der Waals surface area (Å²) in [5, 5.41) is 1.37. The van der Waals surface area contributed by atoms with Gasteiger partial charge in [-0.25, -0.2) is 0 Å². The summed E-state index contributed by atoms with van der Waals surface area (Å²) in [4.78, 5) is 0. The Morgan fingerprint density at radius 1 is 1.50 bits per heavy atom. The Kier molecular flexibility index (Phi) is 6.81. The quantitative estimate of drug-likeness (QED) is 0.412. The second-order valence-electron chi connectivity index (χ2n) is 5.69. The highest BCUT2D eigenvalue weighted by atomic mass is 35.5. The van der Waals surface area contributed by atoms with Gasteiger partial charge < -0.3 is 0 Å². The molecule has 0 aromatic heterocycles. The van der Waals surface area contributed by atoms with Crippen LogP contribution in [-0.4, -0.2) is 5.38 Å². The van der Waals surface area contributed by atoms with Crippen molar-refractivity contribution in [1.29, 1.82) is 0 Å². The van der Waals surface area contributed by atoms with Crippen LogP contribution in [0.15, 0.2) is 22.3 Å². The van der Waals surface area contributed by atoms with Gasteiger partial charge in [0, 0.05) is 10.4 Å². The maximum absolute atomic E-state index is 6.43. The van der Waals surface area contributed by atoms with E-state index in [0.717, 1.165) is 36.6 Å². The van der Waals surface area contributed by atoms with Crippen LogP contribution in [0.3, 0.4) is 0 Å². The molecule has 0 nitrogen and oxygen atoms in total. The Labute approximate surface area is 122 Å². The van der Waals surface area contributed by atoms with E-state index in [4.69, 9.17) is 23.2 Å². The van der Waals surface area contributed by atoms with Crippen LogP contribution in [0.2, 0.25) is 0 Å². The molecule has 0 saturated carbocycles. The number of halogens is 2. The van der Waals surface area contributed by atoms with Crippen molar-refractivity contribution in [3.8, 4) is 0 Å². The van der Waals surface area contributed by atoms with Gasteiger partial charge in [0.25, 0.3) is 0 Å². The van der Waals surface area contributed by atoms with Gasteiger partial charge in [0.2, 0.25) is 0 Å². The normalized spacial score (nSPS) is 25.2. The molecule has 2 heteroatoms. The van der Waals surface area contributed by atoms with Crippen LogP contribution in [0.25, 0.3) is 0 Å². The molecule has 0 aromatic carbocycles. The molecule has 0 spiro atoms. The third-order valence-corrected chi connectivity index (χ3v) is 5.01. The van der Waals surface area contributed by atoms with Gasteiger partial charge in [-0.1, -0.05) is 44.0 Å². The van der Waals surface area contributed by atoms with Crippen LogP contribution >= 0.6 is 23.2 Å². The van der Waals surface area contributed by atoms with E-state index in [1.54, 1.807) is 0 Å². The van der Waals surface area contributed by atoms with Crippen molar-refractivity contribution in [2.45, 2.75) is 65.2 Å². The van der Waals surface area contributed by atoms with E-state index in [0.29, 0.717) is 5.92 Å². The lowest BCUT2D eigenvalue weighted by atomic mass is 9.82. The Bertz CT molecular complexity index is 328. The van der Waals surface area contributed by atoms with Crippen molar-refractivity contribution in [3.63, 3.8) is 0 Å². The molecule has 0 heterocycles. The monoisotopic (exact) mass is 288 g/mol. The van der Waals surface area contributed by atoms with E-state index < -0.39 is 0 Å². The standard InChI is InChI=1S/C16H26Cl2/c1-5-14(17)8-7-12(3)13(4)15-9-6-11(2)10-16(15)18/h7,11,13-14H,5-6,8-10H2,1-4H3/b12-7+. The maximum atomic E-state index is 6.43. The summed E-state index contributed by atoms with van der Waals surface area (Å²) in [5.74, 6) is 1.22. The molecule has 0 bridgehead atoms. The van der Waals surface area contributed by atoms with E-state index in [2.05, 4.69) is 33.8 Å². The lowest BCUT2D eigenvalue weighted by Gasteiger charge is -2.26. The first-order valence-electron chi connectivity index (χ1n) is 7.13. The zero-order valence-electron chi connectivity index (χ0n) is 12.1. The highest BCUT2D eigenvalue weighted by molar-refractivity contribution is 6.30. The van der Waals surface area contributed by atoms with Crippen LogP contribution in [0.1, 0.15) is 59.8 Å². The second kappa shape index (κ2) is 7.60. The molecule has 0 radical (unpaired) electrons. The molecule has 0 amide bonds. The van der Waals surface area contributed by atoms with Crippen molar-refractivity contribution in [3.05, 3.63) is 22.3 Å². The van der Waals surface area contributed by atoms with Gasteiger partial charge in [0.05, 0.1) is 0 Å². The van der Waals surface area contributed by atoms with Crippen molar-refractivity contribution in [2.75, 3.05) is 0 Å². The summed E-state index contributed by atoms with van der Waals surface area (Å²) in [6, 6.07) is 0. The SMILES string of the molecule is CCC(Cl)C/C=C(\C)C(C)C1=C(Cl)CC(C)CC1. The van der Waals surface area contributed by atoms with E-state index in [1.165, 1.54) is 17.6 Å². The minimum atomic E-state index is 0.267. The molecule has 0 fully saturated rings. The van der Waals surface area contributed by atoms with Crippen LogP contribution < -0.4 is 0 Å². The average Bonchev–Trinajstić information content (AvgIpc) is 2.34. The van der Waals surface area contributed by atoms with Gasteiger partial charge in [-0.3, -0.25) is 0 Å². The molecule has 1 rings (SSSR count). The van der Waals surface area contributed by atoms with Crippen molar-refractivity contribution >= 4 is 23.2 Å². The first kappa shape index (κ1) is 16.1. The molecule has 1 aliphatic rings. The molecule has 18 heavy (non-hydrogen) atoms. The van der Waals surface area contributed by atoms with Crippen molar-refractivity contribution in [1.82, 2.24) is 0 Å². The second-order valence-corrected chi connectivity index (χ2v) is 6.76. The van der Waals surface area contributed by atoms with Gasteiger partial charge >= 0.3 is 0 Å². The average molecular weight is 289 g/mol. The van der Waals surface area contributed by atoms with Gasteiger partial charge in [-0.15, -0.1) is 11.6 Å². The van der Waals surface area contributed by atoms with Gasteiger partial charge in [-0.2, -0.15) is 0 Å². The molecule has 3 unspecified atom stereocenters. The highest BCUT2D eigenvalue weighted by Gasteiger charge is 2.21. The smallest absolute Gasteiger partial charge is 0.0368 e. The minimum Gasteiger partial charge on any atom is -0.123 e. The first-order valence-corrected chi connectivity index (χ1v) is 7.95. The fraction of sp³-hybridized carbons (Fsp3) is 0.750. The summed E-state index contributed by atoms with van der Waals surface area (Å²) < 4.78 is 0. The number of hydrogen-bond donors (Lipinski definition) is 0. The molecule has 3 atom stereocenters. The fourth-order valence-electron chi connectivity index (χ4n) is 2.46. The zero-order valence-corrected chi connectivity index (χ0v) is 13.6. The Balaban J connectivity index is 2.68. The van der Waals surface area contributed by atoms with Gasteiger partial charge in [-0.05, 0) is 56.4 Å². The summed E-state index contributed by atoms with van der Waals surface area (Å²) in [6.07, 6.45) is 7.78. The minimum absolute atomic E-state index is 0.267. The molecule has 0 aliphatic heterocycles. The van der Waals surface area contributed by atoms with Crippen LogP contribution in [-0.2, 0) is 0 Å². The third kappa shape index (κ3) is 4.63. The molecule has 0 N–H and O–H groups in total. The predicted octanol–water partition coefficient (Wildman–Crippen LogP) is 6.29. The van der Waals surface area contributed by atoms with Crippen molar-refractivity contribution in [2.24, 2.45) is 11.8 Å². The Morgan fingerprint density at radius 3 is 2.72 bits per heavy atom. The Hall–Kier alpha value is 0.0600. The predicted molar refractivity (Wildman–Crippen MR) is 83.4 cm³/mol. The van der Waals surface area contributed by atoms with E-state index in [9.17, 15) is 0 Å². The third-order valence-electron chi connectivity index (χ3n) is 4.13. The fourth-order valence-corrected chi connectivity index (χ4v) is 3.07. The van der Waals surface area contributed by atoms with Gasteiger partial charge in [0.15, 0.2) is 0 Å². The number of rotatable bonds is 5. The van der Waals surface area contributed by atoms with E-state index in [1.807, 2.05) is 0 Å². The van der Waals surface area contributed by atoms with Crippen molar-refractivity contribution < 1.29 is 0 Å². The van der Waals surface area contributed by atoms with Crippen LogP contribution in [0.4, 0.5) is 0 Å². The topological polar surface area (TPSA) is 0 Å². The summed E-state index contributed by atoms with van der Waals surface area (Å²) in [7, 11) is 0. The number of alkyl halides is 1. The van der Waals surface area contributed by atoms with Gasteiger partial charge in [0.1, 0.15) is 0 Å². The summed E-state index contributed by atoms with van der Waals surface area (Å²) in [6.45, 7) is 8.89. The van der Waals surface area contributed by atoms with Crippen LogP contribution in [0, 0.1) is 11.8 Å². The number of allylic oxidation sites excluding steroid dienone is 4. The molecule has 104 valence electrons. The molecule has 0 saturated heterocycles. The highest BCUT2D eigenvalue weighted by Crippen LogP contribution is 2.37. The summed E-state index contributed by atoms with van der Waals surface area (Å²) >= 11 is 12.6. The van der Waals surface area contributed by atoms with E-state index in [-0.39, 0.29) is 5.38 Å². The largest absolute Gasteiger partial charge is 0.123 e. The maximum Gasteiger partial charge on any atom is 0.0368 e. The number of hydrogen-bond acceptors (Lipinski definition) is 0. The Morgan fingerprint density at radius 2 is 2.17 bits per heavy atom. The summed E-state index contributed by atoms with van der Waals surface area (Å²) in [5.41, 5.74) is 2.86. The first-order chi connectivity index (χ1) is 8.45. The zero-order chi connectivity index (χ0) is 13.7. The lowest BCUT2D eigenvalue weighted by molar-refractivity contribution is 0.487. The lowest BCUT2D eigenvalue weighted by Crippen LogP contribution is -2.11. The molecule has 1 aliphatic carbocycles. The molecular formula is C16H26Cl2.